The van der Waals surface area contributed by atoms with E-state index in [4.69, 9.17) is 4.74 Å². The van der Waals surface area contributed by atoms with Gasteiger partial charge in [0, 0.05) is 5.56 Å². The second kappa shape index (κ2) is 7.67. The minimum Gasteiger partial charge on any atom is -0.488 e. The number of hydrogen-bond donors (Lipinski definition) is 1. The van der Waals surface area contributed by atoms with Crippen molar-refractivity contribution in [2.24, 2.45) is 0 Å². The number of carbonyl (C=O) groups is 2. The Hall–Kier alpha value is -3.43. The van der Waals surface area contributed by atoms with Gasteiger partial charge in [-0.25, -0.2) is 26.7 Å². The number of hydrogen-bond acceptors (Lipinski definition) is 4. The van der Waals surface area contributed by atoms with Crippen LogP contribution in [0.15, 0.2) is 29.8 Å². The zero-order chi connectivity index (χ0) is 20.4. The Kier molecular flexibility index (Phi) is 5.30. The number of nitrogens with one attached hydrogen (secondary N) is 1. The molecule has 2 aromatic carbocycles. The Morgan fingerprint density at radius 1 is 0.964 bits per heavy atom. The summed E-state index contributed by atoms with van der Waals surface area (Å²) in [7, 11) is 0. The van der Waals surface area contributed by atoms with Crippen molar-refractivity contribution in [3.05, 3.63) is 64.5 Å². The fourth-order valence-corrected chi connectivity index (χ4v) is 2.35. The number of carbonyl (C=O) groups excluding carboxylic acids is 2. The molecule has 0 spiro atoms. The van der Waals surface area contributed by atoms with Crippen molar-refractivity contribution < 1.29 is 41.0 Å². The minimum atomic E-state index is -2.36. The van der Waals surface area contributed by atoms with Gasteiger partial charge in [-0.1, -0.05) is 18.2 Å². The summed E-state index contributed by atoms with van der Waals surface area (Å²) in [6.07, 6.45) is 1.48. The van der Waals surface area contributed by atoms with Crippen molar-refractivity contribution in [3.8, 4) is 5.75 Å². The van der Waals surface area contributed by atoms with Crippen LogP contribution in [0.4, 0.5) is 27.6 Å². The Balaban J connectivity index is 1.66. The predicted octanol–water partition coefficient (Wildman–Crippen LogP) is 3.34. The first-order valence-corrected chi connectivity index (χ1v) is 7.70. The molecule has 0 fully saturated rings. The van der Waals surface area contributed by atoms with E-state index in [0.717, 1.165) is 0 Å². The van der Waals surface area contributed by atoms with Crippen molar-refractivity contribution in [1.82, 2.24) is 0 Å². The van der Waals surface area contributed by atoms with Crippen LogP contribution in [0.5, 0.6) is 5.75 Å². The van der Waals surface area contributed by atoms with E-state index < -0.39 is 53.3 Å². The molecule has 0 saturated heterocycles. The van der Waals surface area contributed by atoms with Crippen molar-refractivity contribution >= 4 is 23.6 Å². The van der Waals surface area contributed by atoms with Gasteiger partial charge in [0.15, 0.2) is 29.9 Å². The predicted molar refractivity (Wildman–Crippen MR) is 85.7 cm³/mol. The zero-order valence-electron chi connectivity index (χ0n) is 13.8. The van der Waals surface area contributed by atoms with Gasteiger partial charge in [0.05, 0.1) is 5.57 Å². The van der Waals surface area contributed by atoms with E-state index in [-0.39, 0.29) is 12.2 Å². The molecular formula is C18H10F5NO4. The number of benzene rings is 2. The molecule has 146 valence electrons. The lowest BCUT2D eigenvalue weighted by Gasteiger charge is -2.17. The van der Waals surface area contributed by atoms with Gasteiger partial charge in [0.2, 0.25) is 5.82 Å². The fraction of sp³-hybridized carbons (Fsp3) is 0.111. The summed E-state index contributed by atoms with van der Waals surface area (Å²) in [5, 5.41) is 1.50. The quantitative estimate of drug-likeness (QED) is 0.371. The summed E-state index contributed by atoms with van der Waals surface area (Å²) < 4.78 is 76.3. The lowest BCUT2D eigenvalue weighted by Crippen LogP contribution is -2.25. The Bertz CT molecular complexity index is 977. The third-order valence-corrected chi connectivity index (χ3v) is 3.70. The van der Waals surface area contributed by atoms with E-state index in [1.54, 1.807) is 24.3 Å². The molecule has 0 aromatic heterocycles. The Morgan fingerprint density at radius 2 is 1.57 bits per heavy atom. The highest BCUT2D eigenvalue weighted by molar-refractivity contribution is 5.98. The molecule has 2 aromatic rings. The lowest BCUT2D eigenvalue weighted by molar-refractivity contribution is -0.143. The van der Waals surface area contributed by atoms with E-state index in [0.29, 0.717) is 11.3 Å². The van der Waals surface area contributed by atoms with Gasteiger partial charge < -0.3 is 14.8 Å². The monoisotopic (exact) mass is 399 g/mol. The molecule has 28 heavy (non-hydrogen) atoms. The molecule has 1 heterocycles. The van der Waals surface area contributed by atoms with Crippen LogP contribution in [0, 0.1) is 29.1 Å². The van der Waals surface area contributed by atoms with Gasteiger partial charge in [0.25, 0.3) is 5.91 Å². The summed E-state index contributed by atoms with van der Waals surface area (Å²) in [6, 6.07) is 6.81. The molecule has 1 aliphatic rings. The number of anilines is 1. The number of amides is 1. The molecule has 1 aliphatic heterocycles. The topological polar surface area (TPSA) is 64.6 Å². The number of halogens is 5. The van der Waals surface area contributed by atoms with Crippen molar-refractivity contribution in [2.75, 3.05) is 18.5 Å². The maximum atomic E-state index is 13.5. The van der Waals surface area contributed by atoms with E-state index in [2.05, 4.69) is 4.74 Å². The van der Waals surface area contributed by atoms with Crippen LogP contribution in [-0.2, 0) is 14.3 Å². The minimum absolute atomic E-state index is 0.0720. The van der Waals surface area contributed by atoms with Crippen LogP contribution in [0.25, 0.3) is 6.08 Å². The van der Waals surface area contributed by atoms with E-state index in [1.165, 1.54) is 11.4 Å². The molecule has 0 aliphatic carbocycles. The molecule has 1 amide bonds. The van der Waals surface area contributed by atoms with Crippen LogP contribution >= 0.6 is 0 Å². The maximum Gasteiger partial charge on any atom is 0.338 e. The van der Waals surface area contributed by atoms with Gasteiger partial charge in [-0.2, -0.15) is 0 Å². The second-order valence-electron chi connectivity index (χ2n) is 5.57. The molecule has 0 radical (unpaired) electrons. The highest BCUT2D eigenvalue weighted by Gasteiger charge is 2.27. The average Bonchev–Trinajstić information content (AvgIpc) is 2.71. The van der Waals surface area contributed by atoms with Crippen molar-refractivity contribution in [3.63, 3.8) is 0 Å². The highest BCUT2D eigenvalue weighted by Crippen LogP contribution is 2.28. The smallest absolute Gasteiger partial charge is 0.338 e. The number of para-hydroxylation sites is 1. The number of esters is 1. The Labute approximate surface area is 154 Å². The van der Waals surface area contributed by atoms with Gasteiger partial charge in [0.1, 0.15) is 18.0 Å². The van der Waals surface area contributed by atoms with Crippen LogP contribution in [-0.4, -0.2) is 25.1 Å². The highest BCUT2D eigenvalue weighted by atomic mass is 19.2. The first-order chi connectivity index (χ1) is 13.3. The first-order valence-electron chi connectivity index (χ1n) is 7.70. The molecular weight excluding hydrogens is 389 g/mol. The third-order valence-electron chi connectivity index (χ3n) is 3.70. The SMILES string of the molecule is O=C(COC(=O)C1=Cc2ccccc2OC1)Nc1c(F)c(F)c(F)c(F)c1F. The third kappa shape index (κ3) is 3.66. The van der Waals surface area contributed by atoms with Crippen LogP contribution in [0.1, 0.15) is 5.56 Å². The molecule has 1 N–H and O–H groups in total. The number of rotatable bonds is 4. The molecule has 0 atom stereocenters. The summed E-state index contributed by atoms with van der Waals surface area (Å²) in [4.78, 5) is 23.7. The van der Waals surface area contributed by atoms with Crippen molar-refractivity contribution in [2.45, 2.75) is 0 Å². The van der Waals surface area contributed by atoms with Crippen LogP contribution in [0.2, 0.25) is 0 Å². The van der Waals surface area contributed by atoms with Crippen LogP contribution < -0.4 is 10.1 Å². The first kappa shape index (κ1) is 19.3. The molecule has 10 heteroatoms. The summed E-state index contributed by atoms with van der Waals surface area (Å²) >= 11 is 0. The van der Waals surface area contributed by atoms with Gasteiger partial charge in [-0.05, 0) is 12.1 Å². The molecule has 5 nitrogen and oxygen atoms in total. The lowest BCUT2D eigenvalue weighted by atomic mass is 10.1. The normalized spacial score (nSPS) is 12.5. The second-order valence-corrected chi connectivity index (χ2v) is 5.57. The van der Waals surface area contributed by atoms with E-state index >= 15 is 0 Å². The standard InChI is InChI=1S/C18H10F5NO4/c19-12-13(20)15(22)17(16(23)14(12)21)24-11(25)7-28-18(26)9-5-8-3-1-2-4-10(8)27-6-9/h1-5H,6-7H2,(H,24,25). The van der Waals surface area contributed by atoms with E-state index in [1.807, 2.05) is 0 Å². The summed E-state index contributed by atoms with van der Waals surface area (Å²) in [6.45, 7) is -1.15. The summed E-state index contributed by atoms with van der Waals surface area (Å²) in [5.74, 6) is -12.9. The van der Waals surface area contributed by atoms with E-state index in [9.17, 15) is 31.5 Å². The van der Waals surface area contributed by atoms with Crippen molar-refractivity contribution in [1.29, 1.82) is 0 Å². The Morgan fingerprint density at radius 3 is 2.25 bits per heavy atom. The molecule has 0 unspecified atom stereocenters. The summed E-state index contributed by atoms with van der Waals surface area (Å²) in [5.41, 5.74) is -0.860. The maximum absolute atomic E-state index is 13.5. The fourth-order valence-electron chi connectivity index (χ4n) is 2.35. The average molecular weight is 399 g/mol. The van der Waals surface area contributed by atoms with Gasteiger partial charge in [-0.15, -0.1) is 0 Å². The number of ether oxygens (including phenoxy) is 2. The molecule has 0 saturated carbocycles. The zero-order valence-corrected chi connectivity index (χ0v) is 13.8. The largest absolute Gasteiger partial charge is 0.488 e. The van der Waals surface area contributed by atoms with Crippen LogP contribution in [0.3, 0.4) is 0 Å². The number of fused-ring (bicyclic) bond motifs is 1. The van der Waals surface area contributed by atoms with Gasteiger partial charge in [-0.3, -0.25) is 4.79 Å². The van der Waals surface area contributed by atoms with Gasteiger partial charge >= 0.3 is 5.97 Å². The molecule has 0 bridgehead atoms. The molecule has 3 rings (SSSR count).